The molecular weight excluding hydrogens is 346 g/mol. The van der Waals surface area contributed by atoms with Gasteiger partial charge in [0.2, 0.25) is 6.10 Å². The number of amides is 1. The Balaban J connectivity index is 1.33. The number of rotatable bonds is 5. The van der Waals surface area contributed by atoms with E-state index in [1.165, 1.54) is 0 Å². The van der Waals surface area contributed by atoms with Crippen molar-refractivity contribution in [1.82, 2.24) is 9.55 Å². The summed E-state index contributed by atoms with van der Waals surface area (Å²) < 4.78 is 18.9. The lowest BCUT2D eigenvalue weighted by Crippen LogP contribution is -2.40. The van der Waals surface area contributed by atoms with Crippen LogP contribution < -0.4 is 19.5 Å². The number of carbonyl (C=O) groups excluding carboxylic acids is 1. The molecule has 7 nitrogen and oxygen atoms in total. The zero-order valence-electron chi connectivity index (χ0n) is 14.8. The van der Waals surface area contributed by atoms with Gasteiger partial charge in [-0.15, -0.1) is 0 Å². The van der Waals surface area contributed by atoms with Gasteiger partial charge in [-0.05, 0) is 36.4 Å². The molecule has 1 aromatic heterocycles. The highest BCUT2D eigenvalue weighted by Crippen LogP contribution is 2.31. The molecule has 0 saturated heterocycles. The number of aromatic nitrogens is 2. The molecule has 4 rings (SSSR count). The molecule has 0 fully saturated rings. The fourth-order valence-electron chi connectivity index (χ4n) is 2.69. The lowest BCUT2D eigenvalue weighted by atomic mass is 10.2. The van der Waals surface area contributed by atoms with Gasteiger partial charge < -0.3 is 24.1 Å². The summed E-state index contributed by atoms with van der Waals surface area (Å²) in [6.07, 6.45) is 2.90. The lowest BCUT2D eigenvalue weighted by molar-refractivity contribution is -0.125. The van der Waals surface area contributed by atoms with E-state index < -0.39 is 6.10 Å². The van der Waals surface area contributed by atoms with E-state index in [2.05, 4.69) is 10.3 Å². The van der Waals surface area contributed by atoms with Gasteiger partial charge in [0.25, 0.3) is 5.91 Å². The molecule has 0 radical (unpaired) electrons. The van der Waals surface area contributed by atoms with Crippen molar-refractivity contribution in [2.75, 3.05) is 11.9 Å². The van der Waals surface area contributed by atoms with Gasteiger partial charge in [0.15, 0.2) is 11.5 Å². The zero-order chi connectivity index (χ0) is 18.6. The van der Waals surface area contributed by atoms with Gasteiger partial charge in [0.05, 0.1) is 0 Å². The molecule has 3 aromatic rings. The molecular formula is C20H19N3O4. The first-order chi connectivity index (χ1) is 13.2. The number of hydrogen-bond acceptors (Lipinski definition) is 5. The molecule has 1 atom stereocenters. The first-order valence-electron chi connectivity index (χ1n) is 8.57. The molecule has 0 spiro atoms. The van der Waals surface area contributed by atoms with E-state index in [4.69, 9.17) is 14.2 Å². The van der Waals surface area contributed by atoms with Gasteiger partial charge in [0.1, 0.15) is 24.8 Å². The summed E-state index contributed by atoms with van der Waals surface area (Å²) in [5, 5.41) is 2.83. The number of ether oxygens (including phenoxy) is 3. The van der Waals surface area contributed by atoms with Gasteiger partial charge >= 0.3 is 0 Å². The van der Waals surface area contributed by atoms with Crippen LogP contribution in [0.15, 0.2) is 60.9 Å². The molecule has 138 valence electrons. The minimum atomic E-state index is -0.695. The zero-order valence-corrected chi connectivity index (χ0v) is 14.8. The van der Waals surface area contributed by atoms with Gasteiger partial charge in [-0.25, -0.2) is 4.98 Å². The maximum atomic E-state index is 12.4. The first kappa shape index (κ1) is 17.0. The molecule has 1 amide bonds. The quantitative estimate of drug-likeness (QED) is 0.753. The van der Waals surface area contributed by atoms with E-state index in [-0.39, 0.29) is 12.5 Å². The number of imidazole rings is 1. The van der Waals surface area contributed by atoms with Crippen molar-refractivity contribution in [2.24, 2.45) is 7.05 Å². The highest BCUT2D eigenvalue weighted by Gasteiger charge is 2.27. The number of carbonyl (C=O) groups is 1. The molecule has 0 bridgehead atoms. The Morgan fingerprint density at radius 3 is 2.74 bits per heavy atom. The normalized spacial score (nSPS) is 15.2. The number of para-hydroxylation sites is 2. The lowest BCUT2D eigenvalue weighted by Gasteiger charge is -2.25. The molecule has 0 aliphatic carbocycles. The Morgan fingerprint density at radius 1 is 1.22 bits per heavy atom. The van der Waals surface area contributed by atoms with Gasteiger partial charge in [0, 0.05) is 25.1 Å². The average molecular weight is 365 g/mol. The SMILES string of the molecule is Cn1ccnc1COc1ccc(NC(=O)[C@@H]2COc3ccccc3O2)cc1. The van der Waals surface area contributed by atoms with Crippen LogP contribution in [-0.4, -0.2) is 28.2 Å². The summed E-state index contributed by atoms with van der Waals surface area (Å²) in [5.74, 6) is 2.49. The number of benzene rings is 2. The standard InChI is InChI=1S/C20H19N3O4/c1-23-11-10-21-19(23)13-25-15-8-6-14(7-9-15)22-20(24)18-12-26-16-4-2-3-5-17(16)27-18/h2-11,18H,12-13H2,1H3,(H,22,24)/t18-/m0/s1. The summed E-state index contributed by atoms with van der Waals surface area (Å²) in [6.45, 7) is 0.551. The van der Waals surface area contributed by atoms with Crippen molar-refractivity contribution >= 4 is 11.6 Å². The molecule has 1 aliphatic rings. The summed E-state index contributed by atoms with van der Waals surface area (Å²) in [7, 11) is 1.92. The smallest absolute Gasteiger partial charge is 0.269 e. The van der Waals surface area contributed by atoms with Crippen LogP contribution in [0.3, 0.4) is 0 Å². The van der Waals surface area contributed by atoms with Crippen molar-refractivity contribution in [2.45, 2.75) is 12.7 Å². The molecule has 1 aliphatic heterocycles. The average Bonchev–Trinajstić information content (AvgIpc) is 3.12. The Kier molecular flexibility index (Phi) is 4.65. The predicted molar refractivity (Wildman–Crippen MR) is 99.0 cm³/mol. The van der Waals surface area contributed by atoms with Crippen LogP contribution in [0.5, 0.6) is 17.2 Å². The number of fused-ring (bicyclic) bond motifs is 1. The third-order valence-electron chi connectivity index (χ3n) is 4.21. The van der Waals surface area contributed by atoms with E-state index >= 15 is 0 Å². The molecule has 0 saturated carbocycles. The summed E-state index contributed by atoms with van der Waals surface area (Å²) in [4.78, 5) is 16.6. The van der Waals surface area contributed by atoms with Gasteiger partial charge in [-0.3, -0.25) is 4.79 Å². The molecule has 2 heterocycles. The predicted octanol–water partition coefficient (Wildman–Crippen LogP) is 2.78. The molecule has 2 aromatic carbocycles. The van der Waals surface area contributed by atoms with E-state index in [9.17, 15) is 4.79 Å². The van der Waals surface area contributed by atoms with Crippen molar-refractivity contribution in [3.05, 3.63) is 66.7 Å². The van der Waals surface area contributed by atoms with Crippen molar-refractivity contribution in [3.63, 3.8) is 0 Å². The summed E-state index contributed by atoms with van der Waals surface area (Å²) in [5.41, 5.74) is 0.659. The Hall–Kier alpha value is -3.48. The minimum absolute atomic E-state index is 0.174. The van der Waals surface area contributed by atoms with Crippen molar-refractivity contribution in [3.8, 4) is 17.2 Å². The van der Waals surface area contributed by atoms with E-state index in [1.807, 2.05) is 36.0 Å². The van der Waals surface area contributed by atoms with Crippen molar-refractivity contribution in [1.29, 1.82) is 0 Å². The Morgan fingerprint density at radius 2 is 2.00 bits per heavy atom. The first-order valence-corrected chi connectivity index (χ1v) is 8.57. The Bertz CT molecular complexity index is 936. The second-order valence-electron chi connectivity index (χ2n) is 6.12. The highest BCUT2D eigenvalue weighted by molar-refractivity contribution is 5.94. The fraction of sp³-hybridized carbons (Fsp3) is 0.200. The molecule has 1 N–H and O–H groups in total. The van der Waals surface area contributed by atoms with Gasteiger partial charge in [-0.2, -0.15) is 0 Å². The number of anilines is 1. The van der Waals surface area contributed by atoms with Crippen LogP contribution in [0.4, 0.5) is 5.69 Å². The maximum Gasteiger partial charge on any atom is 0.269 e. The second kappa shape index (κ2) is 7.41. The van der Waals surface area contributed by atoms with Crippen LogP contribution in [-0.2, 0) is 18.4 Å². The van der Waals surface area contributed by atoms with Crippen LogP contribution in [0.25, 0.3) is 0 Å². The Labute approximate surface area is 156 Å². The summed E-state index contributed by atoms with van der Waals surface area (Å²) >= 11 is 0. The van der Waals surface area contributed by atoms with Crippen LogP contribution in [0.1, 0.15) is 5.82 Å². The second-order valence-corrected chi connectivity index (χ2v) is 6.12. The van der Waals surface area contributed by atoms with Crippen LogP contribution in [0, 0.1) is 0 Å². The van der Waals surface area contributed by atoms with Crippen LogP contribution >= 0.6 is 0 Å². The molecule has 0 unspecified atom stereocenters. The fourth-order valence-corrected chi connectivity index (χ4v) is 2.69. The molecule has 27 heavy (non-hydrogen) atoms. The number of nitrogens with one attached hydrogen (secondary N) is 1. The van der Waals surface area contributed by atoms with Crippen LogP contribution in [0.2, 0.25) is 0 Å². The number of hydrogen-bond donors (Lipinski definition) is 1. The largest absolute Gasteiger partial charge is 0.486 e. The number of nitrogens with zero attached hydrogens (tertiary/aromatic N) is 2. The maximum absolute atomic E-state index is 12.4. The minimum Gasteiger partial charge on any atom is -0.486 e. The topological polar surface area (TPSA) is 74.6 Å². The third-order valence-corrected chi connectivity index (χ3v) is 4.21. The van der Waals surface area contributed by atoms with E-state index in [0.29, 0.717) is 29.5 Å². The number of aryl methyl sites for hydroxylation is 1. The monoisotopic (exact) mass is 365 g/mol. The summed E-state index contributed by atoms with van der Waals surface area (Å²) in [6, 6.07) is 14.5. The third kappa shape index (κ3) is 3.87. The van der Waals surface area contributed by atoms with Gasteiger partial charge in [-0.1, -0.05) is 12.1 Å². The molecule has 7 heteroatoms. The van der Waals surface area contributed by atoms with E-state index in [0.717, 1.165) is 5.82 Å². The highest BCUT2D eigenvalue weighted by atomic mass is 16.6. The van der Waals surface area contributed by atoms with E-state index in [1.54, 1.807) is 36.5 Å². The van der Waals surface area contributed by atoms with Crippen molar-refractivity contribution < 1.29 is 19.0 Å².